The third kappa shape index (κ3) is 5.65. The molecular formula is C22H34ClN5O2. The molecule has 3 fully saturated rings. The molecule has 7 nitrogen and oxygen atoms in total. The first-order chi connectivity index (χ1) is 14.2. The van der Waals surface area contributed by atoms with Crippen molar-refractivity contribution in [2.24, 2.45) is 0 Å². The molecule has 1 unspecified atom stereocenters. The largest absolute Gasteiger partial charge is 0.368 e. The highest BCUT2D eigenvalue weighted by atomic mass is 35.5. The molecule has 0 radical (unpaired) electrons. The van der Waals surface area contributed by atoms with Gasteiger partial charge in [-0.1, -0.05) is 18.2 Å². The second kappa shape index (κ2) is 11.0. The molecule has 3 saturated heterocycles. The van der Waals surface area contributed by atoms with Crippen LogP contribution in [0, 0.1) is 0 Å². The van der Waals surface area contributed by atoms with Gasteiger partial charge in [-0.3, -0.25) is 14.5 Å². The van der Waals surface area contributed by atoms with Gasteiger partial charge in [0.2, 0.25) is 11.8 Å². The van der Waals surface area contributed by atoms with Gasteiger partial charge in [0.1, 0.15) is 0 Å². The maximum absolute atomic E-state index is 12.6. The van der Waals surface area contributed by atoms with Gasteiger partial charge in [-0.15, -0.1) is 12.4 Å². The quantitative estimate of drug-likeness (QED) is 0.749. The second-order valence-corrected chi connectivity index (χ2v) is 8.27. The fraction of sp³-hybridized carbons (Fsp3) is 0.636. The summed E-state index contributed by atoms with van der Waals surface area (Å²) < 4.78 is 0. The molecule has 0 bridgehead atoms. The minimum Gasteiger partial charge on any atom is -0.368 e. The van der Waals surface area contributed by atoms with E-state index in [0.29, 0.717) is 18.9 Å². The summed E-state index contributed by atoms with van der Waals surface area (Å²) in [5.74, 6) is 0.253. The van der Waals surface area contributed by atoms with Crippen LogP contribution in [0.5, 0.6) is 0 Å². The lowest BCUT2D eigenvalue weighted by Crippen LogP contribution is -2.49. The number of carbonyl (C=O) groups is 2. The molecule has 3 heterocycles. The van der Waals surface area contributed by atoms with Crippen LogP contribution in [0.15, 0.2) is 30.3 Å². The van der Waals surface area contributed by atoms with Gasteiger partial charge in [-0.25, -0.2) is 0 Å². The van der Waals surface area contributed by atoms with Crippen molar-refractivity contribution in [3.63, 3.8) is 0 Å². The van der Waals surface area contributed by atoms with E-state index >= 15 is 0 Å². The van der Waals surface area contributed by atoms with Crippen molar-refractivity contribution in [1.29, 1.82) is 0 Å². The van der Waals surface area contributed by atoms with Crippen LogP contribution < -0.4 is 10.2 Å². The normalized spacial score (nSPS) is 22.7. The van der Waals surface area contributed by atoms with Gasteiger partial charge in [-0.05, 0) is 18.6 Å². The summed E-state index contributed by atoms with van der Waals surface area (Å²) in [6.45, 7) is 9.03. The number of hydrogen-bond acceptors (Lipinski definition) is 5. The van der Waals surface area contributed by atoms with Gasteiger partial charge in [0, 0.05) is 90.0 Å². The van der Waals surface area contributed by atoms with Crippen molar-refractivity contribution in [3.05, 3.63) is 30.3 Å². The molecule has 4 rings (SSSR count). The van der Waals surface area contributed by atoms with Gasteiger partial charge in [0.25, 0.3) is 0 Å². The zero-order chi connectivity index (χ0) is 20.1. The summed E-state index contributed by atoms with van der Waals surface area (Å²) in [6.07, 6.45) is 1.73. The first kappa shape index (κ1) is 22.8. The minimum absolute atomic E-state index is 0. The zero-order valence-corrected chi connectivity index (χ0v) is 18.5. The maximum Gasteiger partial charge on any atom is 0.223 e. The fourth-order valence-electron chi connectivity index (χ4n) is 4.70. The Balaban J connectivity index is 0.00000256. The number of rotatable bonds is 5. The van der Waals surface area contributed by atoms with E-state index in [-0.39, 0.29) is 24.2 Å². The lowest BCUT2D eigenvalue weighted by Gasteiger charge is -2.36. The second-order valence-electron chi connectivity index (χ2n) is 8.27. The van der Waals surface area contributed by atoms with Crippen LogP contribution in [-0.2, 0) is 9.59 Å². The number of carbonyl (C=O) groups excluding carboxylic acids is 2. The van der Waals surface area contributed by atoms with Crippen molar-refractivity contribution >= 4 is 29.9 Å². The summed E-state index contributed by atoms with van der Waals surface area (Å²) in [4.78, 5) is 33.9. The van der Waals surface area contributed by atoms with Crippen molar-refractivity contribution in [1.82, 2.24) is 20.0 Å². The molecule has 0 aliphatic carbocycles. The van der Waals surface area contributed by atoms with Gasteiger partial charge in [-0.2, -0.15) is 0 Å². The number of benzene rings is 1. The van der Waals surface area contributed by atoms with Crippen LogP contribution in [0.1, 0.15) is 19.3 Å². The van der Waals surface area contributed by atoms with E-state index in [9.17, 15) is 9.59 Å². The Bertz CT molecular complexity index is 690. The Labute approximate surface area is 185 Å². The third-order valence-corrected chi connectivity index (χ3v) is 6.49. The Hall–Kier alpha value is -1.83. The molecule has 0 aromatic heterocycles. The Kier molecular flexibility index (Phi) is 8.36. The predicted molar refractivity (Wildman–Crippen MR) is 121 cm³/mol. The van der Waals surface area contributed by atoms with Crippen LogP contribution in [0.2, 0.25) is 0 Å². The number of nitrogens with one attached hydrogen (secondary N) is 1. The molecule has 3 aliphatic heterocycles. The van der Waals surface area contributed by atoms with Gasteiger partial charge in [0.15, 0.2) is 0 Å². The van der Waals surface area contributed by atoms with Crippen molar-refractivity contribution in [3.8, 4) is 0 Å². The number of likely N-dealkylation sites (tertiary alicyclic amines) is 1. The van der Waals surface area contributed by atoms with E-state index in [0.717, 1.165) is 71.9 Å². The fourth-order valence-corrected chi connectivity index (χ4v) is 4.70. The Morgan fingerprint density at radius 1 is 0.833 bits per heavy atom. The summed E-state index contributed by atoms with van der Waals surface area (Å²) in [6, 6.07) is 10.8. The van der Waals surface area contributed by atoms with E-state index in [4.69, 9.17) is 0 Å². The number of anilines is 1. The van der Waals surface area contributed by atoms with E-state index < -0.39 is 0 Å². The van der Waals surface area contributed by atoms with Crippen LogP contribution in [0.3, 0.4) is 0 Å². The van der Waals surface area contributed by atoms with Crippen LogP contribution in [-0.4, -0.2) is 98.0 Å². The SMILES string of the molecule is Cl.O=C(CCC(=O)N1CCC(N2CCNCC2)C1)N1CCN(c2ccccc2)CC1. The van der Waals surface area contributed by atoms with E-state index in [1.54, 1.807) is 0 Å². The molecule has 166 valence electrons. The van der Waals surface area contributed by atoms with Crippen LogP contribution in [0.4, 0.5) is 5.69 Å². The summed E-state index contributed by atoms with van der Waals surface area (Å²) >= 11 is 0. The topological polar surface area (TPSA) is 59.1 Å². The number of halogens is 1. The highest BCUT2D eigenvalue weighted by Gasteiger charge is 2.31. The summed E-state index contributed by atoms with van der Waals surface area (Å²) in [5, 5.41) is 3.38. The molecule has 0 spiro atoms. The van der Waals surface area contributed by atoms with E-state index in [1.807, 2.05) is 28.0 Å². The molecule has 1 aromatic carbocycles. The highest BCUT2D eigenvalue weighted by molar-refractivity contribution is 5.85. The monoisotopic (exact) mass is 435 g/mol. The van der Waals surface area contributed by atoms with E-state index in [1.165, 1.54) is 5.69 Å². The molecule has 8 heteroatoms. The smallest absolute Gasteiger partial charge is 0.223 e. The average molecular weight is 436 g/mol. The minimum atomic E-state index is 0. The first-order valence-electron chi connectivity index (χ1n) is 11.0. The Morgan fingerprint density at radius 2 is 1.47 bits per heavy atom. The van der Waals surface area contributed by atoms with Crippen molar-refractivity contribution < 1.29 is 9.59 Å². The van der Waals surface area contributed by atoms with E-state index in [2.05, 4.69) is 27.2 Å². The lowest BCUT2D eigenvalue weighted by molar-refractivity contribution is -0.136. The Morgan fingerprint density at radius 3 is 2.13 bits per heavy atom. The van der Waals surface area contributed by atoms with Gasteiger partial charge in [0.05, 0.1) is 0 Å². The zero-order valence-electron chi connectivity index (χ0n) is 17.7. The number of amides is 2. The highest BCUT2D eigenvalue weighted by Crippen LogP contribution is 2.19. The molecule has 3 aliphatic rings. The molecule has 1 atom stereocenters. The lowest BCUT2D eigenvalue weighted by atomic mass is 10.2. The standard InChI is InChI=1S/C22H33N5O2.ClH/c28-21(26-16-14-25(15-17-26)19-4-2-1-3-5-19)6-7-22(29)27-11-8-20(18-27)24-12-9-23-10-13-24;/h1-5,20,23H,6-18H2;1H. The van der Waals surface area contributed by atoms with Crippen molar-refractivity contribution in [2.45, 2.75) is 25.3 Å². The number of nitrogens with zero attached hydrogens (tertiary/aromatic N) is 4. The average Bonchev–Trinajstić information content (AvgIpc) is 3.29. The maximum atomic E-state index is 12.6. The molecule has 0 saturated carbocycles. The summed E-state index contributed by atoms with van der Waals surface area (Å²) in [7, 11) is 0. The van der Waals surface area contributed by atoms with Crippen LogP contribution in [0.25, 0.3) is 0 Å². The number of piperazine rings is 2. The number of para-hydroxylation sites is 1. The third-order valence-electron chi connectivity index (χ3n) is 6.49. The predicted octanol–water partition coefficient (Wildman–Crippen LogP) is 1.04. The number of hydrogen-bond donors (Lipinski definition) is 1. The molecular weight excluding hydrogens is 402 g/mol. The molecule has 1 aromatic rings. The van der Waals surface area contributed by atoms with Gasteiger partial charge >= 0.3 is 0 Å². The molecule has 2 amide bonds. The summed E-state index contributed by atoms with van der Waals surface area (Å²) in [5.41, 5.74) is 1.21. The van der Waals surface area contributed by atoms with Gasteiger partial charge < -0.3 is 20.0 Å². The first-order valence-corrected chi connectivity index (χ1v) is 11.0. The molecule has 1 N–H and O–H groups in total. The van der Waals surface area contributed by atoms with Crippen molar-refractivity contribution in [2.75, 3.05) is 70.3 Å². The van der Waals surface area contributed by atoms with Crippen LogP contribution >= 0.6 is 12.4 Å². The molecule has 30 heavy (non-hydrogen) atoms.